The monoisotopic (exact) mass is 615 g/mol. The maximum Gasteiger partial charge on any atom is 0.262 e. The molecule has 1 fully saturated rings. The van der Waals surface area contributed by atoms with Crippen LogP contribution in [0.25, 0.3) is 0 Å². The zero-order chi connectivity index (χ0) is 31.6. The van der Waals surface area contributed by atoms with Gasteiger partial charge in [-0.2, -0.15) is 4.98 Å². The lowest BCUT2D eigenvalue weighted by Gasteiger charge is -2.26. The molecule has 1 amide bonds. The van der Waals surface area contributed by atoms with E-state index in [0.29, 0.717) is 36.1 Å². The molecule has 1 aliphatic rings. The van der Waals surface area contributed by atoms with E-state index in [2.05, 4.69) is 25.5 Å². The summed E-state index contributed by atoms with van der Waals surface area (Å²) >= 11 is 0. The number of ether oxygens (including phenoxy) is 4. The average molecular weight is 616 g/mol. The topological polar surface area (TPSA) is 107 Å². The highest BCUT2D eigenvalue weighted by Crippen LogP contribution is 2.33. The summed E-state index contributed by atoms with van der Waals surface area (Å²) in [6, 6.07) is 17.4. The van der Waals surface area contributed by atoms with Crippen LogP contribution in [0.15, 0.2) is 66.9 Å². The first-order valence-corrected chi connectivity index (χ1v) is 15.0. The van der Waals surface area contributed by atoms with Crippen LogP contribution >= 0.6 is 0 Å². The van der Waals surface area contributed by atoms with E-state index in [1.54, 1.807) is 30.3 Å². The van der Waals surface area contributed by atoms with Gasteiger partial charge in [0.05, 0.1) is 26.4 Å². The molecular weight excluding hydrogens is 577 g/mol. The fraction of sp³-hybridized carbons (Fsp3) is 0.324. The molecule has 2 heterocycles. The smallest absolute Gasteiger partial charge is 0.262 e. The van der Waals surface area contributed by atoms with Crippen molar-refractivity contribution in [3.63, 3.8) is 0 Å². The molecule has 0 unspecified atom stereocenters. The summed E-state index contributed by atoms with van der Waals surface area (Å²) in [7, 11) is 0. The van der Waals surface area contributed by atoms with E-state index in [9.17, 15) is 9.18 Å². The van der Waals surface area contributed by atoms with Crippen LogP contribution in [-0.4, -0.2) is 66.8 Å². The first kappa shape index (κ1) is 31.7. The molecule has 11 heteroatoms. The summed E-state index contributed by atoms with van der Waals surface area (Å²) in [5, 5.41) is 5.96. The minimum atomic E-state index is -0.516. The van der Waals surface area contributed by atoms with E-state index in [-0.39, 0.29) is 23.1 Å². The number of anilines is 3. The molecule has 236 valence electrons. The lowest BCUT2D eigenvalue weighted by Crippen LogP contribution is -2.37. The van der Waals surface area contributed by atoms with Gasteiger partial charge in [0.2, 0.25) is 11.8 Å². The van der Waals surface area contributed by atoms with E-state index in [1.807, 2.05) is 45.0 Å². The molecule has 0 spiro atoms. The highest BCUT2D eigenvalue weighted by Gasteiger charge is 2.20. The molecule has 5 rings (SSSR count). The van der Waals surface area contributed by atoms with Gasteiger partial charge in [0.1, 0.15) is 5.56 Å². The molecule has 10 nitrogen and oxygen atoms in total. The normalized spacial score (nSPS) is 13.2. The second kappa shape index (κ2) is 15.3. The average Bonchev–Trinajstić information content (AvgIpc) is 3.04. The van der Waals surface area contributed by atoms with Gasteiger partial charge in [-0.1, -0.05) is 30.3 Å². The molecule has 3 aromatic carbocycles. The van der Waals surface area contributed by atoms with Gasteiger partial charge in [-0.15, -0.1) is 0 Å². The first-order chi connectivity index (χ1) is 21.9. The first-order valence-electron chi connectivity index (χ1n) is 15.0. The highest BCUT2D eigenvalue weighted by atomic mass is 19.1. The predicted molar refractivity (Wildman–Crippen MR) is 171 cm³/mol. The Labute approximate surface area is 262 Å². The lowest BCUT2D eigenvalue weighted by molar-refractivity contribution is 0.0357. The quantitative estimate of drug-likeness (QED) is 0.163. The molecule has 1 aromatic heterocycles. The lowest BCUT2D eigenvalue weighted by atomic mass is 10.1. The molecule has 0 atom stereocenters. The van der Waals surface area contributed by atoms with Crippen molar-refractivity contribution in [3.05, 3.63) is 89.4 Å². The Morgan fingerprint density at radius 3 is 2.47 bits per heavy atom. The van der Waals surface area contributed by atoms with Crippen LogP contribution in [0.3, 0.4) is 0 Å². The van der Waals surface area contributed by atoms with Gasteiger partial charge in [0, 0.05) is 43.3 Å². The summed E-state index contributed by atoms with van der Waals surface area (Å²) in [5.74, 6) is 0.203. The Kier molecular flexibility index (Phi) is 10.8. The number of para-hydroxylation sites is 3. The number of rotatable bonds is 13. The fourth-order valence-electron chi connectivity index (χ4n) is 4.89. The van der Waals surface area contributed by atoms with Crippen molar-refractivity contribution < 1.29 is 28.1 Å². The van der Waals surface area contributed by atoms with E-state index < -0.39 is 11.7 Å². The SMILES string of the molecule is CCOc1ccccc1Oc1nc(Nc2ccc(OCCCN3CCOCC3)c(F)c2)ncc1C(=O)Nc1c(C)cccc1C. The van der Waals surface area contributed by atoms with Crippen molar-refractivity contribution in [2.45, 2.75) is 27.2 Å². The van der Waals surface area contributed by atoms with E-state index in [1.165, 1.54) is 12.3 Å². The molecular formula is C34H38FN5O5. The second-order valence-electron chi connectivity index (χ2n) is 10.5. The maximum absolute atomic E-state index is 14.9. The molecule has 0 radical (unpaired) electrons. The van der Waals surface area contributed by atoms with Gasteiger partial charge >= 0.3 is 0 Å². The van der Waals surface area contributed by atoms with Crippen molar-refractivity contribution in [2.24, 2.45) is 0 Å². The van der Waals surface area contributed by atoms with Crippen LogP contribution in [0.4, 0.5) is 21.7 Å². The minimum Gasteiger partial charge on any atom is -0.490 e. The van der Waals surface area contributed by atoms with E-state index >= 15 is 0 Å². The standard InChI is InChI=1S/C34H38FN5O5/c1-4-43-29-11-5-6-12-30(29)45-33-26(32(41)38-31-23(2)9-7-10-24(31)3)22-36-34(39-33)37-25-13-14-28(27(35)21-25)44-18-8-15-40-16-19-42-20-17-40/h5-7,9-14,21-22H,4,8,15-20H2,1-3H3,(H,38,41)(H,36,37,39). The molecule has 0 saturated carbocycles. The van der Waals surface area contributed by atoms with Gasteiger partial charge in [0.15, 0.2) is 23.1 Å². The van der Waals surface area contributed by atoms with Crippen LogP contribution in [-0.2, 0) is 4.74 Å². The highest BCUT2D eigenvalue weighted by molar-refractivity contribution is 6.06. The number of hydrogen-bond donors (Lipinski definition) is 2. The second-order valence-corrected chi connectivity index (χ2v) is 10.5. The summed E-state index contributed by atoms with van der Waals surface area (Å²) in [6.07, 6.45) is 2.16. The van der Waals surface area contributed by atoms with Gasteiger partial charge in [-0.05, 0) is 62.6 Å². The number of nitrogens with zero attached hydrogens (tertiary/aromatic N) is 3. The summed E-state index contributed by atoms with van der Waals surface area (Å²) < 4.78 is 37.9. The van der Waals surface area contributed by atoms with Crippen LogP contribution in [0.5, 0.6) is 23.1 Å². The molecule has 0 aliphatic carbocycles. The minimum absolute atomic E-state index is 0.00378. The van der Waals surface area contributed by atoms with Crippen molar-refractivity contribution in [1.82, 2.24) is 14.9 Å². The number of amides is 1. The zero-order valence-electron chi connectivity index (χ0n) is 25.8. The third-order valence-electron chi connectivity index (χ3n) is 7.24. The molecule has 1 saturated heterocycles. The number of aromatic nitrogens is 2. The number of nitrogens with one attached hydrogen (secondary N) is 2. The van der Waals surface area contributed by atoms with Crippen LogP contribution in [0.1, 0.15) is 34.8 Å². The number of aryl methyl sites for hydroxylation is 2. The predicted octanol–water partition coefficient (Wildman–Crippen LogP) is 6.52. The van der Waals surface area contributed by atoms with Crippen molar-refractivity contribution in [1.29, 1.82) is 0 Å². The number of carbonyl (C=O) groups excluding carboxylic acids is 1. The van der Waals surface area contributed by atoms with E-state index in [0.717, 1.165) is 50.4 Å². The van der Waals surface area contributed by atoms with Gasteiger partial charge in [-0.25, -0.2) is 9.37 Å². The van der Waals surface area contributed by atoms with Gasteiger partial charge in [-0.3, -0.25) is 9.69 Å². The fourth-order valence-corrected chi connectivity index (χ4v) is 4.89. The Morgan fingerprint density at radius 2 is 1.73 bits per heavy atom. The number of benzene rings is 3. The van der Waals surface area contributed by atoms with Crippen LogP contribution < -0.4 is 24.8 Å². The summed E-state index contributed by atoms with van der Waals surface area (Å²) in [6.45, 7) is 10.7. The third kappa shape index (κ3) is 8.46. The molecule has 0 bridgehead atoms. The Morgan fingerprint density at radius 1 is 0.978 bits per heavy atom. The largest absolute Gasteiger partial charge is 0.490 e. The van der Waals surface area contributed by atoms with Crippen molar-refractivity contribution in [3.8, 4) is 23.1 Å². The van der Waals surface area contributed by atoms with E-state index in [4.69, 9.17) is 18.9 Å². The van der Waals surface area contributed by atoms with Gasteiger partial charge in [0.25, 0.3) is 5.91 Å². The van der Waals surface area contributed by atoms with Crippen molar-refractivity contribution >= 4 is 23.2 Å². The molecule has 45 heavy (non-hydrogen) atoms. The Balaban J connectivity index is 1.33. The number of hydrogen-bond acceptors (Lipinski definition) is 9. The maximum atomic E-state index is 14.9. The number of carbonyl (C=O) groups is 1. The Hall–Kier alpha value is -4.74. The van der Waals surface area contributed by atoms with Crippen LogP contribution in [0.2, 0.25) is 0 Å². The zero-order valence-corrected chi connectivity index (χ0v) is 25.8. The Bertz CT molecular complexity index is 1590. The summed E-state index contributed by atoms with van der Waals surface area (Å²) in [5.41, 5.74) is 3.05. The number of morpholine rings is 1. The van der Waals surface area contributed by atoms with Crippen molar-refractivity contribution in [2.75, 3.05) is 56.7 Å². The molecule has 2 N–H and O–H groups in total. The number of halogens is 1. The summed E-state index contributed by atoms with van der Waals surface area (Å²) in [4.78, 5) is 24.6. The molecule has 1 aliphatic heterocycles. The molecule has 4 aromatic rings. The van der Waals surface area contributed by atoms with Crippen LogP contribution in [0, 0.1) is 19.7 Å². The van der Waals surface area contributed by atoms with Gasteiger partial charge < -0.3 is 29.6 Å². The third-order valence-corrected chi connectivity index (χ3v) is 7.24.